The molecule has 1 fully saturated rings. The van der Waals surface area contributed by atoms with Gasteiger partial charge < -0.3 is 25.5 Å². The van der Waals surface area contributed by atoms with Crippen LogP contribution in [0.15, 0.2) is 35.3 Å². The van der Waals surface area contributed by atoms with E-state index in [4.69, 9.17) is 5.73 Å². The number of imidazole rings is 1. The summed E-state index contributed by atoms with van der Waals surface area (Å²) in [5, 5.41) is 0. The molecule has 0 bridgehead atoms. The minimum Gasteiger partial charge on any atom is -0.338 e. The molecule has 0 radical (unpaired) electrons. The largest absolute Gasteiger partial charge is 0.338 e. The smallest absolute Gasteiger partial charge is 0.323 e. The van der Waals surface area contributed by atoms with Crippen molar-refractivity contribution in [3.05, 3.63) is 57.8 Å². The highest BCUT2D eigenvalue weighted by Gasteiger charge is 2.43. The van der Waals surface area contributed by atoms with Gasteiger partial charge in [-0.2, -0.15) is 0 Å². The van der Waals surface area contributed by atoms with Crippen LogP contribution in [0.1, 0.15) is 21.6 Å². The molecule has 0 spiro atoms. The summed E-state index contributed by atoms with van der Waals surface area (Å²) in [6, 6.07) is 7.96. The van der Waals surface area contributed by atoms with Gasteiger partial charge in [0.05, 0.1) is 0 Å². The van der Waals surface area contributed by atoms with Crippen LogP contribution in [0.5, 0.6) is 0 Å². The fraction of sp³-hybridized carbons (Fsp3) is 0.389. The van der Waals surface area contributed by atoms with Crippen LogP contribution in [-0.2, 0) is 17.6 Å². The van der Waals surface area contributed by atoms with Gasteiger partial charge in [0, 0.05) is 32.4 Å². The number of nitrogens with two attached hydrogens (primary N) is 1. The van der Waals surface area contributed by atoms with E-state index in [0.717, 1.165) is 11.1 Å². The van der Waals surface area contributed by atoms with E-state index in [2.05, 4.69) is 9.97 Å². The van der Waals surface area contributed by atoms with Crippen LogP contribution in [0, 0.1) is 0 Å². The highest BCUT2D eigenvalue weighted by molar-refractivity contribution is 5.92. The van der Waals surface area contributed by atoms with Crippen molar-refractivity contribution in [2.75, 3.05) is 26.2 Å². The molecule has 2 amide bonds. The van der Waals surface area contributed by atoms with Crippen molar-refractivity contribution in [3.63, 3.8) is 0 Å². The zero-order chi connectivity index (χ0) is 18.3. The van der Waals surface area contributed by atoms with Crippen LogP contribution in [-0.4, -0.2) is 63.3 Å². The van der Waals surface area contributed by atoms with Crippen molar-refractivity contribution >= 4 is 11.8 Å². The van der Waals surface area contributed by atoms with Crippen molar-refractivity contribution in [1.82, 2.24) is 19.8 Å². The van der Waals surface area contributed by atoms with Gasteiger partial charge in [0.2, 0.25) is 5.91 Å². The second-order valence-electron chi connectivity index (χ2n) is 7.02. The number of fused-ring (bicyclic) bond motifs is 1. The predicted octanol–water partition coefficient (Wildman–Crippen LogP) is -0.516. The van der Waals surface area contributed by atoms with Crippen molar-refractivity contribution in [2.45, 2.75) is 18.4 Å². The molecule has 0 atom stereocenters. The number of amides is 2. The van der Waals surface area contributed by atoms with Gasteiger partial charge in [-0.05, 0) is 24.0 Å². The molecule has 1 aliphatic heterocycles. The zero-order valence-electron chi connectivity index (χ0n) is 14.3. The zero-order valence-corrected chi connectivity index (χ0v) is 14.3. The molecule has 2 aromatic rings. The fourth-order valence-corrected chi connectivity index (χ4v) is 3.84. The molecule has 1 aliphatic carbocycles. The van der Waals surface area contributed by atoms with Crippen LogP contribution in [0.25, 0.3) is 0 Å². The van der Waals surface area contributed by atoms with Gasteiger partial charge in [-0.25, -0.2) is 4.79 Å². The Morgan fingerprint density at radius 3 is 2.12 bits per heavy atom. The van der Waals surface area contributed by atoms with Gasteiger partial charge in [0.25, 0.3) is 5.91 Å². The maximum Gasteiger partial charge on any atom is 0.323 e. The number of nitrogens with zero attached hydrogens (tertiary/aromatic N) is 2. The first-order valence-corrected chi connectivity index (χ1v) is 8.68. The van der Waals surface area contributed by atoms with Gasteiger partial charge in [0.15, 0.2) is 0 Å². The second-order valence-corrected chi connectivity index (χ2v) is 7.02. The fourth-order valence-electron chi connectivity index (χ4n) is 3.84. The van der Waals surface area contributed by atoms with Crippen LogP contribution < -0.4 is 11.4 Å². The Morgan fingerprint density at radius 1 is 1.00 bits per heavy atom. The first-order chi connectivity index (χ1) is 12.5. The number of piperazine rings is 1. The van der Waals surface area contributed by atoms with Crippen LogP contribution in [0.3, 0.4) is 0 Å². The number of hydrogen-bond acceptors (Lipinski definition) is 4. The van der Waals surface area contributed by atoms with Gasteiger partial charge >= 0.3 is 5.69 Å². The number of carbonyl (C=O) groups is 2. The highest BCUT2D eigenvalue weighted by Crippen LogP contribution is 2.30. The Bertz CT molecular complexity index is 882. The normalized spacial score (nSPS) is 18.7. The molecule has 0 saturated carbocycles. The quantitative estimate of drug-likeness (QED) is 0.672. The summed E-state index contributed by atoms with van der Waals surface area (Å²) in [6.07, 6.45) is 2.46. The van der Waals surface area contributed by atoms with E-state index in [9.17, 15) is 14.4 Å². The van der Waals surface area contributed by atoms with Crippen molar-refractivity contribution in [2.24, 2.45) is 5.73 Å². The predicted molar refractivity (Wildman–Crippen MR) is 94.7 cm³/mol. The average molecular weight is 355 g/mol. The topological polar surface area (TPSA) is 115 Å². The maximum absolute atomic E-state index is 13.0. The first-order valence-electron chi connectivity index (χ1n) is 8.68. The minimum absolute atomic E-state index is 0.0594. The Balaban J connectivity index is 1.40. The van der Waals surface area contributed by atoms with E-state index in [1.807, 2.05) is 24.3 Å². The molecule has 4 N–H and O–H groups in total. The summed E-state index contributed by atoms with van der Waals surface area (Å²) < 4.78 is 0. The van der Waals surface area contributed by atoms with Gasteiger partial charge in [-0.1, -0.05) is 24.3 Å². The number of hydrogen-bond donors (Lipinski definition) is 3. The molecule has 4 rings (SSSR count). The molecular formula is C18H21N5O3. The molecule has 1 aromatic heterocycles. The number of aromatic nitrogens is 2. The van der Waals surface area contributed by atoms with Gasteiger partial charge in [-0.15, -0.1) is 0 Å². The molecule has 8 heteroatoms. The van der Waals surface area contributed by atoms with E-state index in [-0.39, 0.29) is 17.5 Å². The summed E-state index contributed by atoms with van der Waals surface area (Å²) in [5.74, 6) is -0.304. The average Bonchev–Trinajstić information content (AvgIpc) is 3.23. The van der Waals surface area contributed by atoms with Crippen molar-refractivity contribution in [3.8, 4) is 0 Å². The standard InChI is InChI=1S/C18H21N5O3/c19-18(9-12-3-1-2-4-13(12)10-18)16(25)23-7-5-22(6-8-23)15(24)14-11-20-17(26)21-14/h1-4,11H,5-10,19H2,(H2,20,21,26). The SMILES string of the molecule is NC1(C(=O)N2CCN(C(=O)c3c[nH]c(=O)[nH]3)CC2)Cc2ccccc2C1. The lowest BCUT2D eigenvalue weighted by Crippen LogP contribution is -2.60. The molecule has 0 unspecified atom stereocenters. The Kier molecular flexibility index (Phi) is 3.91. The summed E-state index contributed by atoms with van der Waals surface area (Å²) in [4.78, 5) is 44.8. The lowest BCUT2D eigenvalue weighted by atomic mass is 9.95. The van der Waals surface area contributed by atoms with Crippen LogP contribution >= 0.6 is 0 Å². The van der Waals surface area contributed by atoms with Gasteiger partial charge in [-0.3, -0.25) is 9.59 Å². The lowest BCUT2D eigenvalue weighted by Gasteiger charge is -2.38. The molecule has 1 aromatic carbocycles. The van der Waals surface area contributed by atoms with Crippen molar-refractivity contribution < 1.29 is 9.59 Å². The molecule has 2 aliphatic rings. The summed E-state index contributed by atoms with van der Waals surface area (Å²) in [5.41, 5.74) is 7.64. The van der Waals surface area contributed by atoms with Crippen molar-refractivity contribution in [1.29, 1.82) is 0 Å². The Labute approximate surface area is 150 Å². The number of benzene rings is 1. The molecule has 136 valence electrons. The highest BCUT2D eigenvalue weighted by atomic mass is 16.2. The summed E-state index contributed by atoms with van der Waals surface area (Å²) >= 11 is 0. The molecule has 8 nitrogen and oxygen atoms in total. The third-order valence-electron chi connectivity index (χ3n) is 5.24. The van der Waals surface area contributed by atoms with Gasteiger partial charge in [0.1, 0.15) is 11.2 Å². The Hall–Kier alpha value is -2.87. The summed E-state index contributed by atoms with van der Waals surface area (Å²) in [7, 11) is 0. The third-order valence-corrected chi connectivity index (χ3v) is 5.24. The number of aromatic amines is 2. The van der Waals surface area contributed by atoms with Crippen LogP contribution in [0.4, 0.5) is 0 Å². The minimum atomic E-state index is -0.901. The summed E-state index contributed by atoms with van der Waals surface area (Å²) in [6.45, 7) is 1.71. The molecule has 2 heterocycles. The molecule has 26 heavy (non-hydrogen) atoms. The van der Waals surface area contributed by atoms with E-state index in [0.29, 0.717) is 39.0 Å². The van der Waals surface area contributed by atoms with E-state index in [1.54, 1.807) is 9.80 Å². The van der Waals surface area contributed by atoms with E-state index < -0.39 is 11.2 Å². The number of rotatable bonds is 2. The monoisotopic (exact) mass is 355 g/mol. The van der Waals surface area contributed by atoms with Crippen LogP contribution in [0.2, 0.25) is 0 Å². The number of H-pyrrole nitrogens is 2. The second kappa shape index (κ2) is 6.14. The third kappa shape index (κ3) is 2.82. The Morgan fingerprint density at radius 2 is 1.58 bits per heavy atom. The van der Waals surface area contributed by atoms with E-state index in [1.165, 1.54) is 6.20 Å². The first kappa shape index (κ1) is 16.6. The van der Waals surface area contributed by atoms with E-state index >= 15 is 0 Å². The number of carbonyl (C=O) groups excluding carboxylic acids is 2. The maximum atomic E-state index is 13.0. The lowest BCUT2D eigenvalue weighted by molar-refractivity contribution is -0.138. The molecule has 1 saturated heterocycles. The number of nitrogens with one attached hydrogen (secondary N) is 2. The molecular weight excluding hydrogens is 334 g/mol.